The van der Waals surface area contributed by atoms with E-state index in [1.807, 2.05) is 13.2 Å². The van der Waals surface area contributed by atoms with E-state index in [1.54, 1.807) is 11.8 Å². The molecule has 0 aromatic carbocycles. The van der Waals surface area contributed by atoms with E-state index < -0.39 is 8.03 Å². The van der Waals surface area contributed by atoms with Gasteiger partial charge in [-0.15, -0.1) is 0 Å². The summed E-state index contributed by atoms with van der Waals surface area (Å²) >= 11 is 1.56. The molecule has 0 radical (unpaired) electrons. The van der Waals surface area contributed by atoms with E-state index in [0.29, 0.717) is 12.1 Å². The average molecular weight is 154 g/mol. The second kappa shape index (κ2) is 5.67. The van der Waals surface area contributed by atoms with E-state index >= 15 is 0 Å². The van der Waals surface area contributed by atoms with Gasteiger partial charge in [0.15, 0.2) is 0 Å². The maximum absolute atomic E-state index is 10.6. The van der Waals surface area contributed by atoms with Crippen molar-refractivity contribution in [2.45, 2.75) is 6.92 Å². The summed E-state index contributed by atoms with van der Waals surface area (Å²) in [5.41, 5.74) is 0.651. The normalized spacial score (nSPS) is 13.8. The van der Waals surface area contributed by atoms with Crippen LogP contribution in [0.4, 0.5) is 0 Å². The molecular formula is C4H11O2PS. The van der Waals surface area contributed by atoms with Crippen molar-refractivity contribution in [2.24, 2.45) is 0 Å². The zero-order valence-electron chi connectivity index (χ0n) is 5.14. The predicted octanol–water partition coefficient (Wildman–Crippen LogP) is 1.82. The molecule has 0 aliphatic carbocycles. The monoisotopic (exact) mass is 154 g/mol. The second-order valence-electron chi connectivity index (χ2n) is 1.24. The highest BCUT2D eigenvalue weighted by Gasteiger charge is 1.92. The minimum atomic E-state index is -1.68. The summed E-state index contributed by atoms with van der Waals surface area (Å²) in [6, 6.07) is 0. The van der Waals surface area contributed by atoms with Crippen LogP contribution in [-0.4, -0.2) is 18.4 Å². The third kappa shape index (κ3) is 4.69. The molecule has 0 saturated carbocycles. The van der Waals surface area contributed by atoms with Crippen molar-refractivity contribution in [3.8, 4) is 0 Å². The lowest BCUT2D eigenvalue weighted by molar-refractivity contribution is 0.353. The Bertz CT molecular complexity index is 68.4. The molecule has 0 saturated heterocycles. The minimum absolute atomic E-state index is 0.568. The van der Waals surface area contributed by atoms with Gasteiger partial charge in [0.1, 0.15) is 0 Å². The Morgan fingerprint density at radius 3 is 2.75 bits per heavy atom. The molecule has 0 N–H and O–H groups in total. The fourth-order valence-corrected chi connectivity index (χ4v) is 1.92. The minimum Gasteiger partial charge on any atom is -0.330 e. The molecule has 0 bridgehead atoms. The number of hydrogen-bond donors (Lipinski definition) is 0. The van der Waals surface area contributed by atoms with Crippen LogP contribution in [0.2, 0.25) is 0 Å². The zero-order chi connectivity index (χ0) is 6.41. The zero-order valence-corrected chi connectivity index (χ0v) is 6.96. The summed E-state index contributed by atoms with van der Waals surface area (Å²) in [5.74, 6) is 0. The van der Waals surface area contributed by atoms with Crippen molar-refractivity contribution >= 4 is 19.8 Å². The third-order valence-corrected chi connectivity index (χ3v) is 3.28. The summed E-state index contributed by atoms with van der Waals surface area (Å²) in [7, 11) is -1.68. The molecule has 0 amide bonds. The molecule has 8 heavy (non-hydrogen) atoms. The molecule has 0 heterocycles. The highest BCUT2D eigenvalue weighted by molar-refractivity contribution is 8.02. The van der Waals surface area contributed by atoms with Crippen LogP contribution < -0.4 is 0 Å². The van der Waals surface area contributed by atoms with Gasteiger partial charge in [-0.3, -0.25) is 4.57 Å². The van der Waals surface area contributed by atoms with Gasteiger partial charge in [-0.05, 0) is 13.2 Å². The number of thioether (sulfide) groups is 1. The Morgan fingerprint density at radius 1 is 1.75 bits per heavy atom. The van der Waals surface area contributed by atoms with Gasteiger partial charge in [-0.25, -0.2) is 0 Å². The topological polar surface area (TPSA) is 26.3 Å². The molecule has 0 aromatic heterocycles. The van der Waals surface area contributed by atoms with Crippen LogP contribution in [0.1, 0.15) is 6.92 Å². The van der Waals surface area contributed by atoms with Crippen LogP contribution in [0.15, 0.2) is 0 Å². The Kier molecular flexibility index (Phi) is 6.06. The summed E-state index contributed by atoms with van der Waals surface area (Å²) in [4.78, 5) is 0. The lowest BCUT2D eigenvalue weighted by atomic mass is 10.9. The standard InChI is InChI=1S/C4H11O2PS/c1-3-6-7(5)4-8-2/h7H,3-4H2,1-2H3. The lowest BCUT2D eigenvalue weighted by Crippen LogP contribution is -1.77. The fourth-order valence-electron chi connectivity index (χ4n) is 0.321. The molecule has 0 aliphatic heterocycles. The van der Waals surface area contributed by atoms with Crippen molar-refractivity contribution < 1.29 is 9.09 Å². The van der Waals surface area contributed by atoms with E-state index in [-0.39, 0.29) is 0 Å². The van der Waals surface area contributed by atoms with E-state index in [9.17, 15) is 4.57 Å². The first-order chi connectivity index (χ1) is 3.81. The van der Waals surface area contributed by atoms with Crippen LogP contribution >= 0.6 is 19.8 Å². The molecule has 0 spiro atoms. The first-order valence-electron chi connectivity index (χ1n) is 2.45. The van der Waals surface area contributed by atoms with Crippen molar-refractivity contribution in [3.63, 3.8) is 0 Å². The van der Waals surface area contributed by atoms with Crippen molar-refractivity contribution in [2.75, 3.05) is 18.4 Å². The van der Waals surface area contributed by atoms with Crippen LogP contribution in [0.3, 0.4) is 0 Å². The van der Waals surface area contributed by atoms with E-state index in [0.717, 1.165) is 0 Å². The molecule has 0 fully saturated rings. The Labute approximate surface area is 54.9 Å². The van der Waals surface area contributed by atoms with Gasteiger partial charge in [0, 0.05) is 0 Å². The Balaban J connectivity index is 3.06. The molecule has 1 atom stereocenters. The molecule has 0 aromatic rings. The second-order valence-corrected chi connectivity index (χ2v) is 4.00. The molecule has 4 heteroatoms. The van der Waals surface area contributed by atoms with E-state index in [4.69, 9.17) is 4.52 Å². The van der Waals surface area contributed by atoms with Crippen LogP contribution in [0.25, 0.3) is 0 Å². The molecular weight excluding hydrogens is 143 g/mol. The van der Waals surface area contributed by atoms with Gasteiger partial charge < -0.3 is 4.52 Å². The molecule has 1 unspecified atom stereocenters. The number of hydrogen-bond acceptors (Lipinski definition) is 3. The van der Waals surface area contributed by atoms with Crippen molar-refractivity contribution in [1.82, 2.24) is 0 Å². The summed E-state index contributed by atoms with van der Waals surface area (Å²) in [5, 5.41) is 0. The Hall–Kier alpha value is 0.540. The maximum Gasteiger partial charge on any atom is 0.201 e. The summed E-state index contributed by atoms with van der Waals surface area (Å²) in [6.07, 6.45) is 1.92. The fraction of sp³-hybridized carbons (Fsp3) is 1.00. The van der Waals surface area contributed by atoms with Gasteiger partial charge in [-0.1, -0.05) is 0 Å². The highest BCUT2D eigenvalue weighted by atomic mass is 32.2. The van der Waals surface area contributed by atoms with Crippen LogP contribution in [-0.2, 0) is 9.09 Å². The average Bonchev–Trinajstić information content (AvgIpc) is 1.68. The van der Waals surface area contributed by atoms with E-state index in [1.165, 1.54) is 0 Å². The molecule has 0 rings (SSSR count). The largest absolute Gasteiger partial charge is 0.330 e. The van der Waals surface area contributed by atoms with Gasteiger partial charge >= 0.3 is 0 Å². The lowest BCUT2D eigenvalue weighted by Gasteiger charge is -1.95. The highest BCUT2D eigenvalue weighted by Crippen LogP contribution is 2.25. The van der Waals surface area contributed by atoms with Gasteiger partial charge in [0.2, 0.25) is 8.03 Å². The SMILES string of the molecule is CCO[PH](=O)CSC. The maximum atomic E-state index is 10.6. The molecule has 0 aliphatic rings. The van der Waals surface area contributed by atoms with E-state index in [2.05, 4.69) is 0 Å². The van der Waals surface area contributed by atoms with Crippen LogP contribution in [0, 0.1) is 0 Å². The number of rotatable bonds is 4. The van der Waals surface area contributed by atoms with Gasteiger partial charge in [0.05, 0.1) is 12.1 Å². The van der Waals surface area contributed by atoms with Gasteiger partial charge in [-0.2, -0.15) is 11.8 Å². The summed E-state index contributed by atoms with van der Waals surface area (Å²) in [6.45, 7) is 2.42. The first kappa shape index (κ1) is 8.54. The quantitative estimate of drug-likeness (QED) is 0.578. The predicted molar refractivity (Wildman–Crippen MR) is 39.0 cm³/mol. The van der Waals surface area contributed by atoms with Crippen LogP contribution in [0.5, 0.6) is 0 Å². The third-order valence-electron chi connectivity index (χ3n) is 0.568. The molecule has 2 nitrogen and oxygen atoms in total. The Morgan fingerprint density at radius 2 is 2.38 bits per heavy atom. The first-order valence-corrected chi connectivity index (χ1v) is 5.37. The smallest absolute Gasteiger partial charge is 0.201 e. The van der Waals surface area contributed by atoms with Crippen molar-refractivity contribution in [3.05, 3.63) is 0 Å². The van der Waals surface area contributed by atoms with Crippen molar-refractivity contribution in [1.29, 1.82) is 0 Å². The molecule has 50 valence electrons. The summed E-state index contributed by atoms with van der Waals surface area (Å²) < 4.78 is 15.4. The van der Waals surface area contributed by atoms with Gasteiger partial charge in [0.25, 0.3) is 0 Å².